The van der Waals surface area contributed by atoms with E-state index in [0.29, 0.717) is 12.1 Å². The quantitative estimate of drug-likeness (QED) is 0.769. The number of amides is 2. The first-order valence-electron chi connectivity index (χ1n) is 9.35. The Bertz CT molecular complexity index is 981. The van der Waals surface area contributed by atoms with E-state index >= 15 is 0 Å². The van der Waals surface area contributed by atoms with E-state index in [9.17, 15) is 18.9 Å². The number of carbonyl (C=O) groups is 2. The molecule has 0 saturated heterocycles. The van der Waals surface area contributed by atoms with Gasteiger partial charge >= 0.3 is 5.50 Å². The molecule has 2 aliphatic rings. The molecule has 1 heterocycles. The summed E-state index contributed by atoms with van der Waals surface area (Å²) in [5.74, 6) is -0.821. The first-order chi connectivity index (χ1) is 13.4. The number of nitrogens with zero attached hydrogens (tertiary/aromatic N) is 1. The van der Waals surface area contributed by atoms with E-state index in [2.05, 4.69) is 10.6 Å². The second-order valence-corrected chi connectivity index (χ2v) is 8.44. The van der Waals surface area contributed by atoms with Gasteiger partial charge in [0.2, 0.25) is 11.8 Å². The summed E-state index contributed by atoms with van der Waals surface area (Å²) in [7, 11) is 0. The molecule has 146 valence electrons. The van der Waals surface area contributed by atoms with Crippen molar-refractivity contribution >= 4 is 40.0 Å². The molecule has 0 aromatic heterocycles. The minimum absolute atomic E-state index is 0.00220. The van der Waals surface area contributed by atoms with Crippen molar-refractivity contribution in [2.24, 2.45) is 5.92 Å². The number of hydrogen-bond acceptors (Lipinski definition) is 4. The summed E-state index contributed by atoms with van der Waals surface area (Å²) in [6.07, 6.45) is 3.05. The highest BCUT2D eigenvalue weighted by Crippen LogP contribution is 2.45. The van der Waals surface area contributed by atoms with Crippen molar-refractivity contribution in [1.29, 1.82) is 0 Å². The molecule has 1 unspecified atom stereocenters. The number of rotatable bonds is 3. The molecule has 2 amide bonds. The molecule has 6 nitrogen and oxygen atoms in total. The number of benzene rings is 2. The molecule has 8 heteroatoms. The predicted octanol–water partition coefficient (Wildman–Crippen LogP) is 3.59. The van der Waals surface area contributed by atoms with Crippen molar-refractivity contribution in [2.45, 2.75) is 49.0 Å². The monoisotopic (exact) mass is 402 g/mol. The number of carbonyl (C=O) groups excluding carboxylic acids is 2. The van der Waals surface area contributed by atoms with Crippen LogP contribution < -0.4 is 10.6 Å². The largest absolute Gasteiger partial charge is 0.354 e. The lowest BCUT2D eigenvalue weighted by atomic mass is 9.85. The Balaban J connectivity index is 1.48. The third-order valence-corrected chi connectivity index (χ3v) is 6.51. The van der Waals surface area contributed by atoms with Gasteiger partial charge in [-0.25, -0.2) is 4.39 Å². The summed E-state index contributed by atoms with van der Waals surface area (Å²) in [5, 5.41) is 7.24. The van der Waals surface area contributed by atoms with E-state index in [1.54, 1.807) is 18.2 Å². The minimum atomic E-state index is -0.751. The molecule has 0 radical (unpaired) electrons. The van der Waals surface area contributed by atoms with Gasteiger partial charge in [-0.1, -0.05) is 12.5 Å². The molecule has 4 rings (SSSR count). The Morgan fingerprint density at radius 2 is 2.00 bits per heavy atom. The van der Waals surface area contributed by atoms with E-state index in [-0.39, 0.29) is 29.6 Å². The molecule has 0 spiro atoms. The smallest absolute Gasteiger partial charge is 0.335 e. The number of halogens is 1. The number of fused-ring (bicyclic) bond motifs is 3. The number of hydrogen-bond donors (Lipinski definition) is 2. The first kappa shape index (κ1) is 18.9. The molecule has 3 atom stereocenters. The van der Waals surface area contributed by atoms with Gasteiger partial charge in [0.1, 0.15) is 5.82 Å². The SMILES string of the molecule is CC(=O)N[C@H]1CCC[C@@H](C(=O)NC2Sc3c(ccc4cc(F)ccc34)[N+]2=O)C1. The fourth-order valence-corrected chi connectivity index (χ4v) is 5.22. The van der Waals surface area contributed by atoms with Crippen molar-refractivity contribution in [3.8, 4) is 0 Å². The third-order valence-electron chi connectivity index (χ3n) is 5.31. The van der Waals surface area contributed by atoms with Crippen LogP contribution in [0.25, 0.3) is 10.8 Å². The first-order valence-corrected chi connectivity index (χ1v) is 10.2. The van der Waals surface area contributed by atoms with Gasteiger partial charge in [0.25, 0.3) is 5.69 Å². The number of thioether (sulfide) groups is 1. The van der Waals surface area contributed by atoms with Crippen molar-refractivity contribution in [3.63, 3.8) is 0 Å². The lowest BCUT2D eigenvalue weighted by molar-refractivity contribution is -0.480. The molecule has 1 aliphatic carbocycles. The van der Waals surface area contributed by atoms with Crippen molar-refractivity contribution in [1.82, 2.24) is 10.6 Å². The number of nitrogens with one attached hydrogen (secondary N) is 2. The highest BCUT2D eigenvalue weighted by Gasteiger charge is 2.43. The fraction of sp³-hybridized carbons (Fsp3) is 0.400. The average Bonchev–Trinajstić information content (AvgIpc) is 2.97. The van der Waals surface area contributed by atoms with E-state index in [0.717, 1.165) is 39.7 Å². The Morgan fingerprint density at radius 1 is 1.18 bits per heavy atom. The molecule has 28 heavy (non-hydrogen) atoms. The number of nitroso groups, excluding NO2 is 1. The summed E-state index contributed by atoms with van der Waals surface area (Å²) in [4.78, 5) is 37.4. The van der Waals surface area contributed by atoms with Crippen LogP contribution in [0.2, 0.25) is 0 Å². The predicted molar refractivity (Wildman–Crippen MR) is 105 cm³/mol. The van der Waals surface area contributed by atoms with Gasteiger partial charge in [-0.3, -0.25) is 14.9 Å². The summed E-state index contributed by atoms with van der Waals surface area (Å²) in [6.45, 7) is 1.47. The van der Waals surface area contributed by atoms with Crippen LogP contribution in [0, 0.1) is 16.6 Å². The maximum atomic E-state index is 13.5. The average molecular weight is 402 g/mol. The van der Waals surface area contributed by atoms with Gasteiger partial charge < -0.3 is 5.32 Å². The molecule has 2 N–H and O–H groups in total. The molecule has 1 aliphatic heterocycles. The van der Waals surface area contributed by atoms with E-state index in [1.165, 1.54) is 30.8 Å². The second kappa shape index (κ2) is 7.50. The highest BCUT2D eigenvalue weighted by atomic mass is 32.2. The molecule has 1 fully saturated rings. The summed E-state index contributed by atoms with van der Waals surface area (Å²) in [6, 6.07) is 7.84. The summed E-state index contributed by atoms with van der Waals surface area (Å²) >= 11 is 1.27. The molecule has 1 saturated carbocycles. The lowest BCUT2D eigenvalue weighted by Gasteiger charge is -2.28. The Labute approximate surface area is 165 Å². The van der Waals surface area contributed by atoms with Gasteiger partial charge in [-0.05, 0) is 54.6 Å². The van der Waals surface area contributed by atoms with E-state index in [1.807, 2.05) is 0 Å². The molecular formula is C20H21FN3O3S+. The zero-order chi connectivity index (χ0) is 19.8. The van der Waals surface area contributed by atoms with Crippen LogP contribution in [0.15, 0.2) is 35.2 Å². The van der Waals surface area contributed by atoms with Crippen molar-refractivity contribution in [3.05, 3.63) is 41.1 Å². The van der Waals surface area contributed by atoms with E-state index in [4.69, 9.17) is 0 Å². The maximum absolute atomic E-state index is 13.5. The van der Waals surface area contributed by atoms with Crippen LogP contribution >= 0.6 is 11.8 Å². The van der Waals surface area contributed by atoms with Gasteiger partial charge in [0, 0.05) is 35.2 Å². The Hall–Kier alpha value is -2.48. The molecular weight excluding hydrogens is 381 g/mol. The third kappa shape index (κ3) is 3.61. The van der Waals surface area contributed by atoms with Crippen LogP contribution in [-0.2, 0) is 9.59 Å². The van der Waals surface area contributed by atoms with Gasteiger partial charge in [-0.15, -0.1) is 0 Å². The highest BCUT2D eigenvalue weighted by molar-refractivity contribution is 8.00. The Kier molecular flexibility index (Phi) is 5.05. The van der Waals surface area contributed by atoms with E-state index < -0.39 is 5.50 Å². The lowest BCUT2D eigenvalue weighted by Crippen LogP contribution is -2.44. The molecule has 2 aromatic rings. The summed E-state index contributed by atoms with van der Waals surface area (Å²) < 4.78 is 14.3. The van der Waals surface area contributed by atoms with Crippen LogP contribution in [0.5, 0.6) is 0 Å². The molecule has 0 bridgehead atoms. The van der Waals surface area contributed by atoms with Gasteiger partial charge in [0.15, 0.2) is 0 Å². The minimum Gasteiger partial charge on any atom is -0.354 e. The van der Waals surface area contributed by atoms with Crippen molar-refractivity contribution < 1.29 is 18.7 Å². The second-order valence-electron chi connectivity index (χ2n) is 7.34. The van der Waals surface area contributed by atoms with Crippen LogP contribution in [0.1, 0.15) is 32.6 Å². The van der Waals surface area contributed by atoms with Gasteiger partial charge in [-0.2, -0.15) is 0 Å². The standard InChI is InChI=1S/C20H20FN3O3S/c1-11(25)22-15-4-2-3-13(10-15)19(26)23-20-24(27)17-8-5-12-9-14(21)6-7-16(12)18(17)28-20/h5-9,13,15,20H,2-4,10H2,1H3,(H-,22,23,25,26)/p+1/t13-,15+,20?/m1/s1. The summed E-state index contributed by atoms with van der Waals surface area (Å²) in [5.41, 5.74) is -0.270. The normalized spacial score (nSPS) is 24.1. The molecule has 2 aromatic carbocycles. The Morgan fingerprint density at radius 3 is 2.79 bits per heavy atom. The van der Waals surface area contributed by atoms with Gasteiger partial charge in [0.05, 0.1) is 9.66 Å². The topological polar surface area (TPSA) is 78.3 Å². The van der Waals surface area contributed by atoms with Crippen LogP contribution in [-0.4, -0.2) is 28.1 Å². The zero-order valence-corrected chi connectivity index (χ0v) is 16.2. The maximum Gasteiger partial charge on any atom is 0.335 e. The van der Waals surface area contributed by atoms with Crippen LogP contribution in [0.4, 0.5) is 10.1 Å². The van der Waals surface area contributed by atoms with Crippen LogP contribution in [0.3, 0.4) is 0 Å². The fourth-order valence-electron chi connectivity index (χ4n) is 4.02. The zero-order valence-electron chi connectivity index (χ0n) is 15.4. The van der Waals surface area contributed by atoms with Crippen molar-refractivity contribution in [2.75, 3.05) is 0 Å².